The third-order valence-electron chi connectivity index (χ3n) is 3.83. The van der Waals surface area contributed by atoms with Crippen molar-refractivity contribution in [1.29, 1.82) is 0 Å². The molecule has 0 spiro atoms. The van der Waals surface area contributed by atoms with Crippen LogP contribution in [0.3, 0.4) is 0 Å². The van der Waals surface area contributed by atoms with Crippen molar-refractivity contribution in [3.8, 4) is 0 Å². The van der Waals surface area contributed by atoms with Crippen molar-refractivity contribution in [2.24, 2.45) is 11.1 Å². The molecule has 0 amide bonds. The first-order valence-electron chi connectivity index (χ1n) is 7.57. The summed E-state index contributed by atoms with van der Waals surface area (Å²) in [7, 11) is -0.586. The van der Waals surface area contributed by atoms with Crippen LogP contribution in [-0.4, -0.2) is 53.5 Å². The monoisotopic (exact) mass is 347 g/mol. The van der Waals surface area contributed by atoms with Gasteiger partial charge in [-0.25, -0.2) is 4.39 Å². The standard InChI is InChI=1S/C14H18BF4N3O2/c1-15(23)22-6-4-10(5-7-22)13(21-24-9-14(17,18)19)12-3-2-11(16)8-20-12/h2-3,8,10,23H,4-7,9H2,1H3/b21-13+. The normalized spacial score (nSPS) is 17.8. The molecule has 1 aromatic rings. The molecule has 0 atom stereocenters. The summed E-state index contributed by atoms with van der Waals surface area (Å²) in [6.07, 6.45) is -2.34. The number of rotatable bonds is 5. The number of piperidine rings is 1. The molecule has 0 unspecified atom stereocenters. The van der Waals surface area contributed by atoms with Crippen LogP contribution < -0.4 is 0 Å². The van der Waals surface area contributed by atoms with E-state index in [4.69, 9.17) is 0 Å². The van der Waals surface area contributed by atoms with E-state index in [1.54, 1.807) is 6.82 Å². The molecule has 0 saturated carbocycles. The average Bonchev–Trinajstić information content (AvgIpc) is 2.52. The van der Waals surface area contributed by atoms with Crippen molar-refractivity contribution in [1.82, 2.24) is 9.79 Å². The van der Waals surface area contributed by atoms with E-state index in [1.807, 2.05) is 4.81 Å². The number of aromatic nitrogens is 1. The predicted molar refractivity (Wildman–Crippen MR) is 80.9 cm³/mol. The van der Waals surface area contributed by atoms with E-state index in [9.17, 15) is 22.6 Å². The maximum Gasteiger partial charge on any atom is 0.425 e. The van der Waals surface area contributed by atoms with Crippen molar-refractivity contribution < 1.29 is 27.4 Å². The highest BCUT2D eigenvalue weighted by Crippen LogP contribution is 2.23. The lowest BCUT2D eigenvalue weighted by Crippen LogP contribution is -2.44. The zero-order valence-electron chi connectivity index (χ0n) is 13.1. The van der Waals surface area contributed by atoms with E-state index in [1.165, 1.54) is 12.1 Å². The maximum absolute atomic E-state index is 13.0. The molecule has 0 aliphatic carbocycles. The van der Waals surface area contributed by atoms with E-state index in [-0.39, 0.29) is 17.3 Å². The van der Waals surface area contributed by atoms with Crippen LogP contribution in [0.2, 0.25) is 6.82 Å². The highest BCUT2D eigenvalue weighted by molar-refractivity contribution is 6.45. The Morgan fingerprint density at radius 3 is 2.58 bits per heavy atom. The Balaban J connectivity index is 2.14. The molecule has 2 rings (SSSR count). The van der Waals surface area contributed by atoms with Crippen LogP contribution in [-0.2, 0) is 4.84 Å². The highest BCUT2D eigenvalue weighted by atomic mass is 19.4. The molecule has 1 aromatic heterocycles. The van der Waals surface area contributed by atoms with Gasteiger partial charge in [0.25, 0.3) is 0 Å². The molecule has 132 valence electrons. The van der Waals surface area contributed by atoms with Crippen LogP contribution in [0.4, 0.5) is 17.6 Å². The molecule has 5 nitrogen and oxygen atoms in total. The van der Waals surface area contributed by atoms with Crippen LogP contribution >= 0.6 is 0 Å². The first kappa shape index (κ1) is 18.7. The molecule has 1 saturated heterocycles. The summed E-state index contributed by atoms with van der Waals surface area (Å²) < 4.78 is 49.8. The smallest absolute Gasteiger partial charge is 0.425 e. The van der Waals surface area contributed by atoms with Gasteiger partial charge >= 0.3 is 13.2 Å². The van der Waals surface area contributed by atoms with E-state index in [0.29, 0.717) is 25.9 Å². The van der Waals surface area contributed by atoms with E-state index < -0.39 is 25.7 Å². The topological polar surface area (TPSA) is 58.0 Å². The Morgan fingerprint density at radius 2 is 2.08 bits per heavy atom. The Morgan fingerprint density at radius 1 is 1.42 bits per heavy atom. The SMILES string of the molecule is CB(O)N1CCC(/C(=N\OCC(F)(F)F)c2ccc(F)cn2)CC1. The van der Waals surface area contributed by atoms with E-state index >= 15 is 0 Å². The number of alkyl halides is 3. The lowest BCUT2D eigenvalue weighted by Gasteiger charge is -2.32. The summed E-state index contributed by atoms with van der Waals surface area (Å²) in [6, 6.07) is 2.54. The van der Waals surface area contributed by atoms with Crippen molar-refractivity contribution >= 4 is 12.8 Å². The van der Waals surface area contributed by atoms with Gasteiger partial charge in [0.1, 0.15) is 11.5 Å². The fourth-order valence-electron chi connectivity index (χ4n) is 2.58. The highest BCUT2D eigenvalue weighted by Gasteiger charge is 2.31. The van der Waals surface area contributed by atoms with Gasteiger partial charge in [0, 0.05) is 5.92 Å². The fourth-order valence-corrected chi connectivity index (χ4v) is 2.58. The van der Waals surface area contributed by atoms with Crippen LogP contribution in [0.25, 0.3) is 0 Å². The summed E-state index contributed by atoms with van der Waals surface area (Å²) in [5.74, 6) is -0.718. The summed E-state index contributed by atoms with van der Waals surface area (Å²) in [4.78, 5) is 10.2. The van der Waals surface area contributed by atoms with Gasteiger partial charge in [-0.1, -0.05) is 5.16 Å². The third-order valence-corrected chi connectivity index (χ3v) is 3.83. The summed E-state index contributed by atoms with van der Waals surface area (Å²) in [5, 5.41) is 13.2. The number of nitrogens with zero attached hydrogens (tertiary/aromatic N) is 3. The number of halogens is 4. The summed E-state index contributed by atoms with van der Waals surface area (Å²) in [5.41, 5.74) is 0.554. The third kappa shape index (κ3) is 5.45. The van der Waals surface area contributed by atoms with E-state index in [0.717, 1.165) is 6.20 Å². The molecular weight excluding hydrogens is 329 g/mol. The van der Waals surface area contributed by atoms with Gasteiger partial charge in [0.2, 0.25) is 6.61 Å². The molecule has 0 bridgehead atoms. The molecular formula is C14H18BF4N3O2. The number of oxime groups is 1. The first-order valence-corrected chi connectivity index (χ1v) is 7.57. The predicted octanol–water partition coefficient (Wildman–Crippen LogP) is 2.33. The number of hydrogen-bond acceptors (Lipinski definition) is 5. The minimum atomic E-state index is -4.49. The largest absolute Gasteiger partial charge is 0.437 e. The average molecular weight is 347 g/mol. The van der Waals surface area contributed by atoms with Crippen molar-refractivity contribution in [2.75, 3.05) is 19.7 Å². The minimum absolute atomic E-state index is 0.175. The number of pyridine rings is 1. The van der Waals surface area contributed by atoms with E-state index in [2.05, 4.69) is 15.0 Å². The molecule has 1 fully saturated rings. The van der Waals surface area contributed by atoms with Crippen LogP contribution in [0.15, 0.2) is 23.5 Å². The Bertz CT molecular complexity index is 558. The van der Waals surface area contributed by atoms with Crippen LogP contribution in [0, 0.1) is 11.7 Å². The molecule has 1 aliphatic rings. The fraction of sp³-hybridized carbons (Fsp3) is 0.571. The number of hydrogen-bond donors (Lipinski definition) is 1. The van der Waals surface area contributed by atoms with Gasteiger partial charge in [-0.05, 0) is 44.9 Å². The van der Waals surface area contributed by atoms with Gasteiger partial charge in [-0.15, -0.1) is 0 Å². The van der Waals surface area contributed by atoms with Gasteiger partial charge in [0.15, 0.2) is 0 Å². The molecule has 0 radical (unpaired) electrons. The zero-order chi connectivity index (χ0) is 17.7. The first-order chi connectivity index (χ1) is 11.3. The maximum atomic E-state index is 13.0. The quantitative estimate of drug-likeness (QED) is 0.384. The molecule has 1 aliphatic heterocycles. The Kier molecular flexibility index (Phi) is 6.17. The van der Waals surface area contributed by atoms with Crippen LogP contribution in [0.1, 0.15) is 18.5 Å². The second-order valence-electron chi connectivity index (χ2n) is 5.67. The van der Waals surface area contributed by atoms with Gasteiger partial charge in [-0.2, -0.15) is 13.2 Å². The lowest BCUT2D eigenvalue weighted by molar-refractivity contribution is -0.173. The van der Waals surface area contributed by atoms with Crippen molar-refractivity contribution in [2.45, 2.75) is 25.8 Å². The van der Waals surface area contributed by atoms with Crippen molar-refractivity contribution in [3.05, 3.63) is 29.8 Å². The second-order valence-corrected chi connectivity index (χ2v) is 5.67. The van der Waals surface area contributed by atoms with Gasteiger partial charge in [0.05, 0.1) is 11.9 Å². The van der Waals surface area contributed by atoms with Gasteiger partial charge in [-0.3, -0.25) is 4.98 Å². The molecule has 2 heterocycles. The van der Waals surface area contributed by atoms with Gasteiger partial charge < -0.3 is 14.7 Å². The van der Waals surface area contributed by atoms with Crippen molar-refractivity contribution in [3.63, 3.8) is 0 Å². The molecule has 0 aromatic carbocycles. The molecule has 1 N–H and O–H groups in total. The molecule has 24 heavy (non-hydrogen) atoms. The lowest BCUT2D eigenvalue weighted by atomic mass is 9.79. The van der Waals surface area contributed by atoms with Crippen LogP contribution in [0.5, 0.6) is 0 Å². The molecule has 10 heteroatoms. The second kappa shape index (κ2) is 7.93. The Labute approximate surface area is 137 Å². The summed E-state index contributed by atoms with van der Waals surface area (Å²) in [6.45, 7) is 1.30. The minimum Gasteiger partial charge on any atom is -0.437 e. The summed E-state index contributed by atoms with van der Waals surface area (Å²) >= 11 is 0. The Hall–Kier alpha value is -1.68. The zero-order valence-corrected chi connectivity index (χ0v) is 13.1.